The third-order valence-electron chi connectivity index (χ3n) is 6.20. The number of halogens is 3. The van der Waals surface area contributed by atoms with Gasteiger partial charge in [0, 0.05) is 46.3 Å². The number of anilines is 1. The minimum Gasteiger partial charge on any atom is -0.406 e. The number of rotatable bonds is 4. The molecule has 0 saturated carbocycles. The molecule has 0 radical (unpaired) electrons. The quantitative estimate of drug-likeness (QED) is 0.557. The van der Waals surface area contributed by atoms with Gasteiger partial charge in [0.25, 0.3) is 30.0 Å². The van der Waals surface area contributed by atoms with Crippen LogP contribution in [0, 0.1) is 0 Å². The number of nitrogens with zero attached hydrogens (tertiary/aromatic N) is 7. The first-order chi connectivity index (χ1) is 17.0. The summed E-state index contributed by atoms with van der Waals surface area (Å²) in [4.78, 5) is 52.3. The van der Waals surface area contributed by atoms with E-state index in [1.807, 2.05) is 4.90 Å². The SMILES string of the molecule is CN1C(=O)C2C(=NC=[N+]2CC(=O)N2CCN(c3nc4ccc(OC(F)(F)F)cc4s3)CC2)N(C)C1=O. The van der Waals surface area contributed by atoms with Gasteiger partial charge < -0.3 is 14.5 Å². The molecule has 4 heterocycles. The summed E-state index contributed by atoms with van der Waals surface area (Å²) < 4.78 is 43.6. The number of alkyl halides is 3. The maximum absolute atomic E-state index is 13.0. The molecule has 0 aliphatic carbocycles. The number of urea groups is 1. The van der Waals surface area contributed by atoms with Crippen LogP contribution < -0.4 is 9.64 Å². The smallest absolute Gasteiger partial charge is 0.406 e. The lowest BCUT2D eigenvalue weighted by Gasteiger charge is -2.35. The molecular weight excluding hydrogens is 503 g/mol. The van der Waals surface area contributed by atoms with Gasteiger partial charge in [0.2, 0.25) is 0 Å². The highest BCUT2D eigenvalue weighted by Gasteiger charge is 2.51. The van der Waals surface area contributed by atoms with Crippen LogP contribution in [-0.4, -0.2) is 114 Å². The van der Waals surface area contributed by atoms with Crippen molar-refractivity contribution in [3.63, 3.8) is 0 Å². The topological polar surface area (TPSA) is 102 Å². The zero-order valence-electron chi connectivity index (χ0n) is 19.2. The third kappa shape index (κ3) is 4.34. The summed E-state index contributed by atoms with van der Waals surface area (Å²) in [6.45, 7) is 1.74. The number of hydrogen-bond donors (Lipinski definition) is 0. The minimum absolute atomic E-state index is 0.0671. The van der Waals surface area contributed by atoms with Crippen LogP contribution in [0.1, 0.15) is 0 Å². The van der Waals surface area contributed by atoms with Gasteiger partial charge in [0.15, 0.2) is 11.7 Å². The van der Waals surface area contributed by atoms with Gasteiger partial charge in [-0.1, -0.05) is 11.3 Å². The summed E-state index contributed by atoms with van der Waals surface area (Å²) in [7, 11) is 2.92. The first-order valence-electron chi connectivity index (χ1n) is 10.9. The average molecular weight is 525 g/mol. The van der Waals surface area contributed by atoms with E-state index in [4.69, 9.17) is 0 Å². The minimum atomic E-state index is -4.77. The molecule has 4 amide bonds. The Labute approximate surface area is 206 Å². The number of amides is 4. The van der Waals surface area contributed by atoms with Gasteiger partial charge in [-0.05, 0) is 17.1 Å². The van der Waals surface area contributed by atoms with Gasteiger partial charge >= 0.3 is 12.4 Å². The lowest BCUT2D eigenvalue weighted by Crippen LogP contribution is -2.62. The lowest BCUT2D eigenvalue weighted by atomic mass is 10.1. The third-order valence-corrected chi connectivity index (χ3v) is 7.28. The van der Waals surface area contributed by atoms with Crippen molar-refractivity contribution in [3.8, 4) is 5.75 Å². The number of amidine groups is 1. The fourth-order valence-electron chi connectivity index (χ4n) is 4.30. The largest absolute Gasteiger partial charge is 0.573 e. The van der Waals surface area contributed by atoms with Crippen molar-refractivity contribution in [1.29, 1.82) is 0 Å². The van der Waals surface area contributed by atoms with Crippen molar-refractivity contribution in [1.82, 2.24) is 19.7 Å². The molecule has 0 spiro atoms. The Balaban J connectivity index is 1.20. The maximum Gasteiger partial charge on any atom is 0.573 e. The highest BCUT2D eigenvalue weighted by Crippen LogP contribution is 2.33. The number of imide groups is 1. The van der Waals surface area contributed by atoms with Gasteiger partial charge in [-0.15, -0.1) is 13.2 Å². The van der Waals surface area contributed by atoms with Crippen molar-refractivity contribution in [3.05, 3.63) is 18.2 Å². The predicted octanol–water partition coefficient (Wildman–Crippen LogP) is 1.19. The number of carbonyl (C=O) groups excluding carboxylic acids is 3. The number of hydrogen-bond acceptors (Lipinski definition) is 8. The Morgan fingerprint density at radius 3 is 2.58 bits per heavy atom. The van der Waals surface area contributed by atoms with Crippen LogP contribution in [0.15, 0.2) is 23.2 Å². The van der Waals surface area contributed by atoms with E-state index in [0.29, 0.717) is 47.4 Å². The highest BCUT2D eigenvalue weighted by molar-refractivity contribution is 7.22. The Morgan fingerprint density at radius 2 is 1.89 bits per heavy atom. The maximum atomic E-state index is 13.0. The summed E-state index contributed by atoms with van der Waals surface area (Å²) in [6, 6.07) is 2.71. The number of likely N-dealkylation sites (N-methyl/N-ethyl adjacent to an activating group) is 2. The van der Waals surface area contributed by atoms with Crippen LogP contribution in [0.5, 0.6) is 5.75 Å². The van der Waals surface area contributed by atoms with E-state index in [1.165, 1.54) is 59.4 Å². The molecule has 1 aromatic heterocycles. The molecule has 190 valence electrons. The molecule has 1 atom stereocenters. The fraction of sp³-hybridized carbons (Fsp3) is 0.429. The normalized spacial score (nSPS) is 20.6. The first-order valence-corrected chi connectivity index (χ1v) is 11.7. The van der Waals surface area contributed by atoms with Crippen molar-refractivity contribution in [2.45, 2.75) is 12.4 Å². The van der Waals surface area contributed by atoms with E-state index in [1.54, 1.807) is 4.90 Å². The molecule has 36 heavy (non-hydrogen) atoms. The monoisotopic (exact) mass is 524 g/mol. The molecule has 5 rings (SSSR count). The molecule has 0 N–H and O–H groups in total. The van der Waals surface area contributed by atoms with E-state index in [-0.39, 0.29) is 18.2 Å². The molecule has 2 aromatic rings. The van der Waals surface area contributed by atoms with Crippen molar-refractivity contribution < 1.29 is 36.9 Å². The summed E-state index contributed by atoms with van der Waals surface area (Å²) in [5.41, 5.74) is 0.564. The van der Waals surface area contributed by atoms with Gasteiger partial charge in [-0.25, -0.2) is 14.4 Å². The second-order valence-electron chi connectivity index (χ2n) is 8.46. The van der Waals surface area contributed by atoms with E-state index in [2.05, 4.69) is 14.7 Å². The number of carbonyl (C=O) groups is 3. The Hall–Kier alpha value is -3.75. The molecule has 1 unspecified atom stereocenters. The van der Waals surface area contributed by atoms with E-state index in [9.17, 15) is 27.6 Å². The molecule has 0 bridgehead atoms. The standard InChI is InChI=1S/C21H21F3N7O4S/c1-27-17-16(18(33)28(2)20(27)34)31(11-25-17)10-15(32)29-5-7-30(8-6-29)19-26-13-4-3-12(9-14(13)36-19)35-21(22,23)24/h3-4,9,11,16H,5-8,10H2,1-2H3/q+1. The molecule has 11 nitrogen and oxygen atoms in total. The number of ether oxygens (including phenoxy) is 1. The van der Waals surface area contributed by atoms with Crippen molar-refractivity contribution in [2.75, 3.05) is 51.7 Å². The van der Waals surface area contributed by atoms with Crippen LogP contribution in [0.3, 0.4) is 0 Å². The molecule has 3 aliphatic heterocycles. The number of aliphatic imine (C=N–C) groups is 1. The zero-order chi connectivity index (χ0) is 25.8. The van der Waals surface area contributed by atoms with Crippen LogP contribution in [0.25, 0.3) is 10.2 Å². The van der Waals surface area contributed by atoms with Gasteiger partial charge in [0.1, 0.15) is 5.75 Å². The molecular formula is C21H21F3N7O4S+. The van der Waals surface area contributed by atoms with E-state index < -0.39 is 24.3 Å². The summed E-state index contributed by atoms with van der Waals surface area (Å²) in [5.74, 6) is -0.636. The molecule has 15 heteroatoms. The second-order valence-corrected chi connectivity index (χ2v) is 9.47. The zero-order valence-corrected chi connectivity index (χ0v) is 20.0. The van der Waals surface area contributed by atoms with Gasteiger partial charge in [-0.3, -0.25) is 19.4 Å². The molecule has 2 fully saturated rings. The van der Waals surface area contributed by atoms with Gasteiger partial charge in [0.05, 0.1) is 10.2 Å². The van der Waals surface area contributed by atoms with Crippen molar-refractivity contribution >= 4 is 56.7 Å². The molecule has 3 aliphatic rings. The highest BCUT2D eigenvalue weighted by atomic mass is 32.1. The van der Waals surface area contributed by atoms with Crippen LogP contribution in [-0.2, 0) is 9.59 Å². The second kappa shape index (κ2) is 8.72. The van der Waals surface area contributed by atoms with E-state index in [0.717, 1.165) is 4.90 Å². The molecule has 2 saturated heterocycles. The number of piperazine rings is 1. The van der Waals surface area contributed by atoms with Crippen LogP contribution in [0.2, 0.25) is 0 Å². The Morgan fingerprint density at radius 1 is 1.17 bits per heavy atom. The first kappa shape index (κ1) is 24.0. The van der Waals surface area contributed by atoms with E-state index >= 15 is 0 Å². The summed E-state index contributed by atoms with van der Waals surface area (Å²) in [5, 5.41) is 0.649. The Bertz CT molecular complexity index is 1320. The lowest BCUT2D eigenvalue weighted by molar-refractivity contribution is -0.520. The van der Waals surface area contributed by atoms with Crippen molar-refractivity contribution in [2.24, 2.45) is 4.99 Å². The average Bonchev–Trinajstić information content (AvgIpc) is 3.44. The number of benzene rings is 1. The van der Waals surface area contributed by atoms with Crippen LogP contribution >= 0.6 is 11.3 Å². The number of aromatic nitrogens is 1. The molecule has 1 aromatic carbocycles. The van der Waals surface area contributed by atoms with Gasteiger partial charge in [-0.2, -0.15) is 0 Å². The number of fused-ring (bicyclic) bond motifs is 2. The summed E-state index contributed by atoms with van der Waals surface area (Å²) >= 11 is 1.25. The fourth-order valence-corrected chi connectivity index (χ4v) is 5.35. The number of thiazole rings is 1. The summed E-state index contributed by atoms with van der Waals surface area (Å²) in [6.07, 6.45) is -3.36. The Kier molecular flexibility index (Phi) is 5.81. The van der Waals surface area contributed by atoms with Crippen LogP contribution in [0.4, 0.5) is 23.1 Å². The predicted molar refractivity (Wildman–Crippen MR) is 123 cm³/mol.